The molecular weight excluding hydrogens is 250 g/mol. The first kappa shape index (κ1) is 13.4. The molecule has 1 atom stereocenters. The fraction of sp³-hybridized carbons (Fsp3) is 0.214. The fourth-order valence-electron chi connectivity index (χ4n) is 1.99. The molecular formula is C14H14F2N2O. The minimum absolute atomic E-state index is 0.321. The Morgan fingerprint density at radius 2 is 2.00 bits per heavy atom. The molecule has 19 heavy (non-hydrogen) atoms. The van der Waals surface area contributed by atoms with E-state index in [1.165, 1.54) is 19.2 Å². The Balaban J connectivity index is 2.46. The summed E-state index contributed by atoms with van der Waals surface area (Å²) in [5.41, 5.74) is 1.37. The van der Waals surface area contributed by atoms with Crippen LogP contribution in [0.1, 0.15) is 17.2 Å². The van der Waals surface area contributed by atoms with E-state index in [9.17, 15) is 8.78 Å². The van der Waals surface area contributed by atoms with Gasteiger partial charge >= 0.3 is 0 Å². The molecule has 0 saturated heterocycles. The van der Waals surface area contributed by atoms with Crippen LogP contribution in [0, 0.1) is 11.6 Å². The molecule has 1 aromatic heterocycles. The molecule has 0 aliphatic carbocycles. The number of halogens is 2. The molecule has 2 rings (SSSR count). The summed E-state index contributed by atoms with van der Waals surface area (Å²) in [6.45, 7) is 0. The molecule has 0 amide bonds. The van der Waals surface area contributed by atoms with Crippen LogP contribution in [0.3, 0.4) is 0 Å². The number of hydrogen-bond donors (Lipinski definition) is 1. The van der Waals surface area contributed by atoms with Gasteiger partial charge in [-0.15, -0.1) is 0 Å². The summed E-state index contributed by atoms with van der Waals surface area (Å²) in [5, 5.41) is 3.05. The average Bonchev–Trinajstić information content (AvgIpc) is 2.44. The van der Waals surface area contributed by atoms with E-state index in [0.717, 1.165) is 11.6 Å². The Kier molecular flexibility index (Phi) is 4.06. The van der Waals surface area contributed by atoms with Crippen molar-refractivity contribution in [3.05, 3.63) is 59.3 Å². The summed E-state index contributed by atoms with van der Waals surface area (Å²) in [5.74, 6) is -1.29. The Morgan fingerprint density at radius 3 is 2.63 bits per heavy atom. The van der Waals surface area contributed by atoms with E-state index in [0.29, 0.717) is 11.4 Å². The molecule has 5 heteroatoms. The first-order valence-electron chi connectivity index (χ1n) is 5.78. The smallest absolute Gasteiger partial charge is 0.218 e. The summed E-state index contributed by atoms with van der Waals surface area (Å²) in [7, 11) is 3.25. The summed E-state index contributed by atoms with van der Waals surface area (Å²) < 4.78 is 31.5. The van der Waals surface area contributed by atoms with Gasteiger partial charge in [0.1, 0.15) is 0 Å². The van der Waals surface area contributed by atoms with Crippen LogP contribution in [0.15, 0.2) is 36.5 Å². The van der Waals surface area contributed by atoms with E-state index in [-0.39, 0.29) is 6.04 Å². The van der Waals surface area contributed by atoms with Gasteiger partial charge in [-0.1, -0.05) is 12.1 Å². The van der Waals surface area contributed by atoms with Crippen molar-refractivity contribution < 1.29 is 13.5 Å². The van der Waals surface area contributed by atoms with Crippen molar-refractivity contribution in [2.24, 2.45) is 0 Å². The zero-order valence-corrected chi connectivity index (χ0v) is 10.7. The van der Waals surface area contributed by atoms with Crippen LogP contribution < -0.4 is 10.1 Å². The molecule has 1 N–H and O–H groups in total. The van der Waals surface area contributed by atoms with Crippen molar-refractivity contribution in [2.45, 2.75) is 6.04 Å². The van der Waals surface area contributed by atoms with Crippen molar-refractivity contribution in [3.63, 3.8) is 0 Å². The number of hydrogen-bond acceptors (Lipinski definition) is 3. The molecule has 0 aliphatic heterocycles. The van der Waals surface area contributed by atoms with Crippen molar-refractivity contribution in [2.75, 3.05) is 14.2 Å². The summed E-state index contributed by atoms with van der Waals surface area (Å²) in [6, 6.07) is 7.09. The molecule has 100 valence electrons. The Bertz CT molecular complexity index is 575. The highest BCUT2D eigenvalue weighted by Crippen LogP contribution is 2.28. The number of aromatic nitrogens is 1. The van der Waals surface area contributed by atoms with E-state index >= 15 is 0 Å². The third-order valence-electron chi connectivity index (χ3n) is 2.87. The Hall–Kier alpha value is -2.01. The third-order valence-corrected chi connectivity index (χ3v) is 2.87. The topological polar surface area (TPSA) is 34.2 Å². The number of nitrogens with zero attached hydrogens (tertiary/aromatic N) is 1. The maximum absolute atomic E-state index is 13.3. The van der Waals surface area contributed by atoms with Gasteiger partial charge in [-0.2, -0.15) is 0 Å². The maximum Gasteiger partial charge on any atom is 0.218 e. The number of nitrogens with one attached hydrogen (secondary N) is 1. The number of ether oxygens (including phenoxy) is 1. The predicted octanol–water partition coefficient (Wildman–Crippen LogP) is 2.68. The lowest BCUT2D eigenvalue weighted by atomic mass is 9.99. The highest BCUT2D eigenvalue weighted by Gasteiger charge is 2.18. The van der Waals surface area contributed by atoms with E-state index in [1.807, 2.05) is 6.07 Å². The summed E-state index contributed by atoms with van der Waals surface area (Å²) >= 11 is 0. The van der Waals surface area contributed by atoms with Gasteiger partial charge in [0, 0.05) is 11.8 Å². The molecule has 0 spiro atoms. The number of benzene rings is 1. The second-order valence-electron chi connectivity index (χ2n) is 4.00. The van der Waals surface area contributed by atoms with Gasteiger partial charge in [-0.3, -0.25) is 0 Å². The second kappa shape index (κ2) is 5.75. The summed E-state index contributed by atoms with van der Waals surface area (Å²) in [4.78, 5) is 4.10. The molecule has 0 aliphatic rings. The zero-order chi connectivity index (χ0) is 13.8. The lowest BCUT2D eigenvalue weighted by Crippen LogP contribution is -2.19. The normalized spacial score (nSPS) is 12.2. The first-order chi connectivity index (χ1) is 9.17. The van der Waals surface area contributed by atoms with Gasteiger partial charge in [0.2, 0.25) is 5.88 Å². The summed E-state index contributed by atoms with van der Waals surface area (Å²) in [6.07, 6.45) is 1.61. The maximum atomic E-state index is 13.3. The Morgan fingerprint density at radius 1 is 1.21 bits per heavy atom. The largest absolute Gasteiger partial charge is 0.481 e. The van der Waals surface area contributed by atoms with Gasteiger partial charge in [-0.25, -0.2) is 13.8 Å². The van der Waals surface area contributed by atoms with E-state index in [4.69, 9.17) is 4.74 Å². The van der Waals surface area contributed by atoms with Crippen LogP contribution in [0.25, 0.3) is 0 Å². The Labute approximate surface area is 110 Å². The highest BCUT2D eigenvalue weighted by atomic mass is 19.2. The lowest BCUT2D eigenvalue weighted by molar-refractivity contribution is 0.388. The molecule has 0 radical (unpaired) electrons. The quantitative estimate of drug-likeness (QED) is 0.922. The van der Waals surface area contributed by atoms with Gasteiger partial charge in [0.25, 0.3) is 0 Å². The van der Waals surface area contributed by atoms with Crippen LogP contribution in [0.5, 0.6) is 5.88 Å². The predicted molar refractivity (Wildman–Crippen MR) is 68.0 cm³/mol. The molecule has 1 heterocycles. The molecule has 1 unspecified atom stereocenters. The zero-order valence-electron chi connectivity index (χ0n) is 10.7. The SMILES string of the molecule is CNC(c1ccc(F)c(F)c1)c1cccnc1OC. The monoisotopic (exact) mass is 264 g/mol. The lowest BCUT2D eigenvalue weighted by Gasteiger charge is -2.19. The molecule has 1 aromatic carbocycles. The van der Waals surface area contributed by atoms with Crippen LogP contribution in [-0.4, -0.2) is 19.1 Å². The van der Waals surface area contributed by atoms with E-state index in [1.54, 1.807) is 19.3 Å². The van der Waals surface area contributed by atoms with Crippen LogP contribution in [0.2, 0.25) is 0 Å². The number of pyridine rings is 1. The van der Waals surface area contributed by atoms with Gasteiger partial charge in [0.15, 0.2) is 11.6 Å². The van der Waals surface area contributed by atoms with Gasteiger partial charge in [0.05, 0.1) is 13.2 Å². The second-order valence-corrected chi connectivity index (χ2v) is 4.00. The van der Waals surface area contributed by atoms with Crippen molar-refractivity contribution >= 4 is 0 Å². The minimum atomic E-state index is -0.874. The van der Waals surface area contributed by atoms with Crippen molar-refractivity contribution in [1.82, 2.24) is 10.3 Å². The fourth-order valence-corrected chi connectivity index (χ4v) is 1.99. The highest BCUT2D eigenvalue weighted by molar-refractivity contribution is 5.37. The minimum Gasteiger partial charge on any atom is -0.481 e. The molecule has 2 aromatic rings. The first-order valence-corrected chi connectivity index (χ1v) is 5.78. The molecule has 0 bridgehead atoms. The van der Waals surface area contributed by atoms with Crippen LogP contribution >= 0.6 is 0 Å². The average molecular weight is 264 g/mol. The van der Waals surface area contributed by atoms with Gasteiger partial charge < -0.3 is 10.1 Å². The van der Waals surface area contributed by atoms with Crippen molar-refractivity contribution in [3.8, 4) is 5.88 Å². The van der Waals surface area contributed by atoms with Gasteiger partial charge in [-0.05, 0) is 30.8 Å². The standard InChI is InChI=1S/C14H14F2N2O/c1-17-13(9-5-6-11(15)12(16)8-9)10-4-3-7-18-14(10)19-2/h3-8,13,17H,1-2H3. The molecule has 0 fully saturated rings. The molecule has 3 nitrogen and oxygen atoms in total. The van der Waals surface area contributed by atoms with Crippen LogP contribution in [-0.2, 0) is 0 Å². The third kappa shape index (κ3) is 2.71. The number of rotatable bonds is 4. The van der Waals surface area contributed by atoms with E-state index in [2.05, 4.69) is 10.3 Å². The molecule has 0 saturated carbocycles. The number of methoxy groups -OCH3 is 1. The van der Waals surface area contributed by atoms with E-state index < -0.39 is 11.6 Å². The van der Waals surface area contributed by atoms with Crippen LogP contribution in [0.4, 0.5) is 8.78 Å². The van der Waals surface area contributed by atoms with Crippen molar-refractivity contribution in [1.29, 1.82) is 0 Å².